The van der Waals surface area contributed by atoms with Crippen LogP contribution in [0.15, 0.2) is 41.2 Å². The molecule has 3 aromatic carbocycles. The Hall–Kier alpha value is -4.93. The highest BCUT2D eigenvalue weighted by Gasteiger charge is 2.33. The number of ether oxygens (including phenoxy) is 5. The molecule has 5 rings (SSSR count). The van der Waals surface area contributed by atoms with Crippen LogP contribution in [0.4, 0.5) is 5.69 Å². The van der Waals surface area contributed by atoms with Crippen LogP contribution in [0.5, 0.6) is 28.7 Å². The average Bonchev–Trinajstić information content (AvgIpc) is 3.35. The van der Waals surface area contributed by atoms with Crippen molar-refractivity contribution in [2.45, 2.75) is 65.1 Å². The van der Waals surface area contributed by atoms with Crippen molar-refractivity contribution in [2.24, 2.45) is 5.92 Å². The number of aryl methyl sites for hydroxylation is 1. The third-order valence-electron chi connectivity index (χ3n) is 9.74. The van der Waals surface area contributed by atoms with Gasteiger partial charge >= 0.3 is 0 Å². The summed E-state index contributed by atoms with van der Waals surface area (Å²) < 4.78 is 28.3. The fourth-order valence-corrected chi connectivity index (χ4v) is 6.95. The van der Waals surface area contributed by atoms with Gasteiger partial charge in [0.2, 0.25) is 23.0 Å². The molecule has 1 aliphatic carbocycles. The SMILES string of the molecule is CC[C@@H](C)[C@H](Nc1ccc2c(cc1=O)[C@@H](NC(C)=O)CCc1cc(OC)c(OC)c(OC)c1-2)C(=O)N1CCc2cc(OC)c(OC)cc2C1. The molecule has 11 nitrogen and oxygen atoms in total. The Morgan fingerprint density at radius 2 is 1.51 bits per heavy atom. The number of benzene rings is 2. The number of nitrogens with zero attached hydrogens (tertiary/aromatic N) is 1. The Morgan fingerprint density at radius 1 is 0.857 bits per heavy atom. The highest BCUT2D eigenvalue weighted by atomic mass is 16.5. The van der Waals surface area contributed by atoms with Gasteiger partial charge in [-0.1, -0.05) is 26.3 Å². The van der Waals surface area contributed by atoms with Crippen LogP contribution in [0, 0.1) is 5.92 Å². The van der Waals surface area contributed by atoms with Crippen molar-refractivity contribution in [1.82, 2.24) is 10.2 Å². The van der Waals surface area contributed by atoms with Gasteiger partial charge in [0.15, 0.2) is 23.0 Å². The summed E-state index contributed by atoms with van der Waals surface area (Å²) in [4.78, 5) is 42.5. The van der Waals surface area contributed by atoms with Crippen LogP contribution in [-0.2, 0) is 29.0 Å². The van der Waals surface area contributed by atoms with Crippen LogP contribution in [0.25, 0.3) is 11.1 Å². The molecular formula is C38H47N3O8. The monoisotopic (exact) mass is 673 g/mol. The lowest BCUT2D eigenvalue weighted by molar-refractivity contribution is -0.134. The molecule has 0 radical (unpaired) electrons. The summed E-state index contributed by atoms with van der Waals surface area (Å²) in [5.41, 5.74) is 5.19. The summed E-state index contributed by atoms with van der Waals surface area (Å²) in [6.07, 6.45) is 2.54. The molecule has 3 aromatic rings. The van der Waals surface area contributed by atoms with Crippen LogP contribution in [0.3, 0.4) is 0 Å². The summed E-state index contributed by atoms with van der Waals surface area (Å²) in [6.45, 7) is 6.47. The van der Waals surface area contributed by atoms with Crippen molar-refractivity contribution in [3.63, 3.8) is 0 Å². The molecular weight excluding hydrogens is 626 g/mol. The molecule has 0 saturated heterocycles. The number of anilines is 1. The van der Waals surface area contributed by atoms with E-state index in [-0.39, 0.29) is 28.8 Å². The maximum Gasteiger partial charge on any atom is 0.245 e. The minimum absolute atomic E-state index is 0.0771. The molecule has 1 aliphatic heterocycles. The van der Waals surface area contributed by atoms with Crippen molar-refractivity contribution in [3.8, 4) is 39.9 Å². The molecule has 1 heterocycles. The number of hydrogen-bond acceptors (Lipinski definition) is 9. The zero-order chi connectivity index (χ0) is 35.4. The van der Waals surface area contributed by atoms with Gasteiger partial charge in [-0.05, 0) is 83.3 Å². The number of nitrogens with one attached hydrogen (secondary N) is 2. The fraction of sp³-hybridized carbons (Fsp3) is 0.447. The van der Waals surface area contributed by atoms with Crippen LogP contribution in [0.2, 0.25) is 0 Å². The highest BCUT2D eigenvalue weighted by molar-refractivity contribution is 5.86. The lowest BCUT2D eigenvalue weighted by Crippen LogP contribution is -2.48. The number of amides is 2. The van der Waals surface area contributed by atoms with Crippen LogP contribution >= 0.6 is 0 Å². The molecule has 0 spiro atoms. The molecule has 11 heteroatoms. The zero-order valence-corrected chi connectivity index (χ0v) is 29.7. The molecule has 0 saturated carbocycles. The highest BCUT2D eigenvalue weighted by Crippen LogP contribution is 2.50. The number of rotatable bonds is 11. The summed E-state index contributed by atoms with van der Waals surface area (Å²) >= 11 is 0. The first-order valence-electron chi connectivity index (χ1n) is 16.7. The van der Waals surface area contributed by atoms with Crippen LogP contribution in [0.1, 0.15) is 61.9 Å². The van der Waals surface area contributed by atoms with Gasteiger partial charge in [-0.15, -0.1) is 0 Å². The molecule has 3 atom stereocenters. The van der Waals surface area contributed by atoms with Gasteiger partial charge in [0.05, 0.1) is 47.3 Å². The minimum Gasteiger partial charge on any atom is -0.493 e. The molecule has 262 valence electrons. The number of fused-ring (bicyclic) bond motifs is 4. The first-order chi connectivity index (χ1) is 23.6. The molecule has 0 bridgehead atoms. The Balaban J connectivity index is 1.57. The van der Waals surface area contributed by atoms with Crippen molar-refractivity contribution >= 4 is 17.5 Å². The van der Waals surface area contributed by atoms with E-state index < -0.39 is 12.1 Å². The summed E-state index contributed by atoms with van der Waals surface area (Å²) in [7, 11) is 7.89. The largest absolute Gasteiger partial charge is 0.493 e. The normalized spacial score (nSPS) is 16.1. The minimum atomic E-state index is -0.654. The first kappa shape index (κ1) is 35.4. The van der Waals surface area contributed by atoms with Crippen LogP contribution in [-0.4, -0.2) is 64.8 Å². The van der Waals surface area contributed by atoms with E-state index in [2.05, 4.69) is 10.6 Å². The topological polar surface area (TPSA) is 125 Å². The standard InChI is InChI=1S/C38H47N3O8/c1-9-21(2)35(38(44)41-15-14-23-16-31(45-4)32(46-5)18-25(23)20-41)40-29-13-11-26-27(19-30(29)43)28(39-22(3)42)12-10-24-17-33(47-6)36(48-7)37(49-8)34(24)26/h11,13,16-19,21,28,35H,9-10,12,14-15,20H2,1-8H3,(H,39,42)(H,40,43)/t21-,28+,35+/m1/s1. The zero-order valence-electron chi connectivity index (χ0n) is 29.7. The number of methoxy groups -OCH3 is 5. The second-order valence-electron chi connectivity index (χ2n) is 12.6. The van der Waals surface area contributed by atoms with Crippen molar-refractivity contribution in [2.75, 3.05) is 47.4 Å². The van der Waals surface area contributed by atoms with Crippen molar-refractivity contribution in [3.05, 3.63) is 68.9 Å². The molecule has 2 aliphatic rings. The molecule has 2 amide bonds. The van der Waals surface area contributed by atoms with Crippen LogP contribution < -0.4 is 39.7 Å². The second kappa shape index (κ2) is 15.1. The molecule has 0 unspecified atom stereocenters. The van der Waals surface area contributed by atoms with E-state index in [0.29, 0.717) is 66.7 Å². The Bertz CT molecular complexity index is 1790. The quantitative estimate of drug-likeness (QED) is 0.279. The molecule has 0 aromatic heterocycles. The maximum atomic E-state index is 14.2. The van der Waals surface area contributed by atoms with Gasteiger partial charge in [-0.3, -0.25) is 14.4 Å². The van der Waals surface area contributed by atoms with Crippen molar-refractivity contribution in [1.29, 1.82) is 0 Å². The molecule has 49 heavy (non-hydrogen) atoms. The van der Waals surface area contributed by atoms with E-state index in [1.54, 1.807) is 47.7 Å². The predicted octanol–water partition coefficient (Wildman–Crippen LogP) is 5.29. The van der Waals surface area contributed by atoms with E-state index in [1.807, 2.05) is 43.0 Å². The number of hydrogen-bond donors (Lipinski definition) is 2. The van der Waals surface area contributed by atoms with Gasteiger partial charge in [0.25, 0.3) is 0 Å². The summed E-state index contributed by atoms with van der Waals surface area (Å²) in [5, 5.41) is 6.40. The van der Waals surface area contributed by atoms with Gasteiger partial charge in [0.1, 0.15) is 6.04 Å². The number of carbonyl (C=O) groups excluding carboxylic acids is 2. The third-order valence-corrected chi connectivity index (χ3v) is 9.74. The lowest BCUT2D eigenvalue weighted by atomic mass is 9.94. The van der Waals surface area contributed by atoms with Gasteiger partial charge in [-0.2, -0.15) is 0 Å². The maximum absolute atomic E-state index is 14.2. The van der Waals surface area contributed by atoms with Gasteiger partial charge in [-0.25, -0.2) is 0 Å². The van der Waals surface area contributed by atoms with Gasteiger partial charge in [0, 0.05) is 25.6 Å². The molecule has 0 fully saturated rings. The van der Waals surface area contributed by atoms with E-state index in [9.17, 15) is 14.4 Å². The lowest BCUT2D eigenvalue weighted by Gasteiger charge is -2.34. The van der Waals surface area contributed by atoms with Crippen molar-refractivity contribution < 1.29 is 33.3 Å². The molecule has 2 N–H and O–H groups in total. The number of carbonyl (C=O) groups is 2. The Labute approximate surface area is 287 Å². The van der Waals surface area contributed by atoms with E-state index in [0.717, 1.165) is 34.2 Å². The average molecular weight is 674 g/mol. The second-order valence-corrected chi connectivity index (χ2v) is 12.6. The van der Waals surface area contributed by atoms with Gasteiger partial charge < -0.3 is 39.2 Å². The summed E-state index contributed by atoms with van der Waals surface area (Å²) in [6, 6.07) is 9.89. The van der Waals surface area contributed by atoms with E-state index in [4.69, 9.17) is 23.7 Å². The fourth-order valence-electron chi connectivity index (χ4n) is 6.95. The van der Waals surface area contributed by atoms with E-state index >= 15 is 0 Å². The first-order valence-corrected chi connectivity index (χ1v) is 16.7. The smallest absolute Gasteiger partial charge is 0.245 e. The Morgan fingerprint density at radius 3 is 2.12 bits per heavy atom. The summed E-state index contributed by atoms with van der Waals surface area (Å²) in [5.74, 6) is 2.35. The Kier molecular flexibility index (Phi) is 10.9. The van der Waals surface area contributed by atoms with E-state index in [1.165, 1.54) is 6.92 Å². The predicted molar refractivity (Wildman–Crippen MR) is 188 cm³/mol. The third kappa shape index (κ3) is 6.97.